The summed E-state index contributed by atoms with van der Waals surface area (Å²) < 4.78 is 12.0. The minimum atomic E-state index is -0.576. The summed E-state index contributed by atoms with van der Waals surface area (Å²) in [5.74, 6) is -2.15. The lowest BCUT2D eigenvalue weighted by atomic mass is 10.2. The Morgan fingerprint density at radius 2 is 1.66 bits per heavy atom. The average molecular weight is 496 g/mol. The molecule has 3 amide bonds. The van der Waals surface area contributed by atoms with Crippen molar-refractivity contribution in [1.82, 2.24) is 4.57 Å². The molecule has 0 radical (unpaired) electrons. The van der Waals surface area contributed by atoms with E-state index in [1.807, 2.05) is 0 Å². The zero-order valence-corrected chi connectivity index (χ0v) is 19.8. The summed E-state index contributed by atoms with van der Waals surface area (Å²) in [6.07, 6.45) is 0.331. The highest BCUT2D eigenvalue weighted by Gasteiger charge is 2.30. The minimum Gasteiger partial charge on any atom is -0.465 e. The molecule has 35 heavy (non-hydrogen) atoms. The highest BCUT2D eigenvalue weighted by Crippen LogP contribution is 2.23. The molecule has 1 fully saturated rings. The summed E-state index contributed by atoms with van der Waals surface area (Å²) in [6.45, 7) is 1.72. The Hall–Kier alpha value is -4.12. The number of benzene rings is 2. The number of rotatable bonds is 6. The number of esters is 2. The molecule has 0 atom stereocenters. The Morgan fingerprint density at radius 1 is 1.00 bits per heavy atom. The Labute approximate surface area is 203 Å². The molecular formula is C24H21N3O7S. The number of fused-ring (bicyclic) bond motifs is 1. The van der Waals surface area contributed by atoms with E-state index in [0.29, 0.717) is 21.5 Å². The zero-order chi connectivity index (χ0) is 25.1. The minimum absolute atomic E-state index is 0.166. The van der Waals surface area contributed by atoms with Gasteiger partial charge in [0, 0.05) is 18.4 Å². The molecule has 2 heterocycles. The topological polar surface area (TPSA) is 124 Å². The number of hydrogen-bond acceptors (Lipinski definition) is 8. The van der Waals surface area contributed by atoms with Gasteiger partial charge in [0.15, 0.2) is 4.80 Å². The first-order chi connectivity index (χ1) is 16.8. The van der Waals surface area contributed by atoms with E-state index in [1.54, 1.807) is 29.7 Å². The van der Waals surface area contributed by atoms with Gasteiger partial charge in [0.1, 0.15) is 6.54 Å². The van der Waals surface area contributed by atoms with E-state index >= 15 is 0 Å². The second kappa shape index (κ2) is 10.0. The predicted molar refractivity (Wildman–Crippen MR) is 126 cm³/mol. The first-order valence-electron chi connectivity index (χ1n) is 10.7. The number of methoxy groups -OCH3 is 1. The molecule has 10 nitrogen and oxygen atoms in total. The van der Waals surface area contributed by atoms with Crippen LogP contribution in [-0.4, -0.2) is 47.9 Å². The average Bonchev–Trinajstić information content (AvgIpc) is 3.36. The molecule has 1 aromatic heterocycles. The second-order valence-corrected chi connectivity index (χ2v) is 8.55. The van der Waals surface area contributed by atoms with E-state index < -0.39 is 17.8 Å². The van der Waals surface area contributed by atoms with E-state index in [0.717, 1.165) is 16.2 Å². The molecule has 1 saturated heterocycles. The van der Waals surface area contributed by atoms with E-state index in [4.69, 9.17) is 9.47 Å². The van der Waals surface area contributed by atoms with Crippen molar-refractivity contribution in [3.05, 3.63) is 58.4 Å². The van der Waals surface area contributed by atoms with Crippen molar-refractivity contribution in [2.24, 2.45) is 4.99 Å². The molecule has 0 saturated carbocycles. The van der Waals surface area contributed by atoms with Crippen molar-refractivity contribution < 1.29 is 33.4 Å². The van der Waals surface area contributed by atoms with Crippen LogP contribution in [0.3, 0.4) is 0 Å². The Balaban J connectivity index is 1.71. The van der Waals surface area contributed by atoms with Crippen LogP contribution in [-0.2, 0) is 30.4 Å². The number of carbonyl (C=O) groups excluding carboxylic acids is 5. The van der Waals surface area contributed by atoms with Gasteiger partial charge in [-0.25, -0.2) is 4.79 Å². The van der Waals surface area contributed by atoms with Crippen LogP contribution in [0, 0.1) is 0 Å². The molecule has 4 rings (SSSR count). The fourth-order valence-electron chi connectivity index (χ4n) is 3.66. The van der Waals surface area contributed by atoms with Gasteiger partial charge in [-0.15, -0.1) is 0 Å². The Bertz CT molecular complexity index is 1400. The van der Waals surface area contributed by atoms with Crippen LogP contribution in [0.15, 0.2) is 47.5 Å². The largest absolute Gasteiger partial charge is 0.465 e. The van der Waals surface area contributed by atoms with Crippen LogP contribution >= 0.6 is 11.3 Å². The number of anilines is 1. The van der Waals surface area contributed by atoms with E-state index in [1.165, 1.54) is 31.4 Å². The van der Waals surface area contributed by atoms with Crippen LogP contribution in [0.25, 0.3) is 10.2 Å². The van der Waals surface area contributed by atoms with Gasteiger partial charge in [-0.1, -0.05) is 11.3 Å². The molecule has 11 heteroatoms. The highest BCUT2D eigenvalue weighted by molar-refractivity contribution is 7.16. The van der Waals surface area contributed by atoms with Gasteiger partial charge in [0.25, 0.3) is 5.91 Å². The van der Waals surface area contributed by atoms with Crippen LogP contribution in [0.4, 0.5) is 5.69 Å². The number of aromatic nitrogens is 1. The Morgan fingerprint density at radius 3 is 2.29 bits per heavy atom. The first-order valence-corrected chi connectivity index (χ1v) is 11.6. The lowest BCUT2D eigenvalue weighted by Gasteiger charge is -2.13. The predicted octanol–water partition coefficient (Wildman–Crippen LogP) is 2.45. The molecule has 0 aliphatic carbocycles. The van der Waals surface area contributed by atoms with Gasteiger partial charge in [0.2, 0.25) is 11.8 Å². The second-order valence-electron chi connectivity index (χ2n) is 7.54. The van der Waals surface area contributed by atoms with Gasteiger partial charge < -0.3 is 14.0 Å². The van der Waals surface area contributed by atoms with Crippen molar-refractivity contribution >= 4 is 56.9 Å². The molecule has 3 aromatic rings. The van der Waals surface area contributed by atoms with Crippen LogP contribution in [0.5, 0.6) is 0 Å². The first kappa shape index (κ1) is 24.0. The van der Waals surface area contributed by atoms with Crippen molar-refractivity contribution in [2.45, 2.75) is 26.3 Å². The number of imide groups is 1. The standard InChI is InChI=1S/C24H21N3O7S/c1-3-34-21(30)13-26-17-9-6-15(23(32)33-2)12-18(17)35-24(26)25-22(31)14-4-7-16(8-5-14)27-19(28)10-11-20(27)29/h4-9,12H,3,10-11,13H2,1-2H3. The lowest BCUT2D eigenvalue weighted by Crippen LogP contribution is -2.28. The fraction of sp³-hybridized carbons (Fsp3) is 0.250. The third-order valence-electron chi connectivity index (χ3n) is 5.32. The molecule has 1 aliphatic rings. The quantitative estimate of drug-likeness (QED) is 0.380. The fourth-order valence-corrected chi connectivity index (χ4v) is 4.73. The summed E-state index contributed by atoms with van der Waals surface area (Å²) in [5, 5.41) is 0. The van der Waals surface area contributed by atoms with E-state index in [-0.39, 0.29) is 48.2 Å². The molecule has 0 bridgehead atoms. The summed E-state index contributed by atoms with van der Waals surface area (Å²) in [5.41, 5.74) is 1.56. The van der Waals surface area contributed by atoms with Crippen molar-refractivity contribution in [3.63, 3.8) is 0 Å². The van der Waals surface area contributed by atoms with Crippen molar-refractivity contribution in [1.29, 1.82) is 0 Å². The van der Waals surface area contributed by atoms with E-state index in [9.17, 15) is 24.0 Å². The maximum Gasteiger partial charge on any atom is 0.337 e. The van der Waals surface area contributed by atoms with Crippen LogP contribution < -0.4 is 9.70 Å². The third-order valence-corrected chi connectivity index (χ3v) is 6.36. The number of thiazole rings is 1. The van der Waals surface area contributed by atoms with Crippen LogP contribution in [0.2, 0.25) is 0 Å². The molecule has 0 N–H and O–H groups in total. The summed E-state index contributed by atoms with van der Waals surface area (Å²) in [4.78, 5) is 66.5. The van der Waals surface area contributed by atoms with Crippen molar-refractivity contribution in [3.8, 4) is 0 Å². The molecule has 2 aromatic carbocycles. The summed E-state index contributed by atoms with van der Waals surface area (Å²) >= 11 is 1.14. The molecule has 1 aliphatic heterocycles. The molecule has 0 unspecified atom stereocenters. The van der Waals surface area contributed by atoms with Crippen LogP contribution in [0.1, 0.15) is 40.5 Å². The van der Waals surface area contributed by atoms with Gasteiger partial charge in [0.05, 0.1) is 35.2 Å². The smallest absolute Gasteiger partial charge is 0.337 e. The van der Waals surface area contributed by atoms with Gasteiger partial charge in [-0.2, -0.15) is 4.99 Å². The lowest BCUT2D eigenvalue weighted by molar-refractivity contribution is -0.143. The van der Waals surface area contributed by atoms with Crippen molar-refractivity contribution in [2.75, 3.05) is 18.6 Å². The number of nitrogens with zero attached hydrogens (tertiary/aromatic N) is 3. The van der Waals surface area contributed by atoms with Gasteiger partial charge in [-0.3, -0.25) is 24.1 Å². The summed E-state index contributed by atoms with van der Waals surface area (Å²) in [7, 11) is 1.28. The number of carbonyl (C=O) groups is 5. The maximum absolute atomic E-state index is 12.9. The SMILES string of the molecule is CCOC(=O)Cn1c(=NC(=O)c2ccc(N3C(=O)CCC3=O)cc2)sc2cc(C(=O)OC)ccc21. The number of ether oxygens (including phenoxy) is 2. The number of amides is 3. The number of hydrogen-bond donors (Lipinski definition) is 0. The zero-order valence-electron chi connectivity index (χ0n) is 19.0. The monoisotopic (exact) mass is 495 g/mol. The summed E-state index contributed by atoms with van der Waals surface area (Å²) in [6, 6.07) is 10.8. The molecule has 0 spiro atoms. The molecule has 180 valence electrons. The highest BCUT2D eigenvalue weighted by atomic mass is 32.1. The maximum atomic E-state index is 12.9. The van der Waals surface area contributed by atoms with Gasteiger partial charge in [-0.05, 0) is 49.4 Å². The Kier molecular flexibility index (Phi) is 6.87. The van der Waals surface area contributed by atoms with E-state index in [2.05, 4.69) is 4.99 Å². The third kappa shape index (κ3) is 4.90. The molecular weight excluding hydrogens is 474 g/mol. The van der Waals surface area contributed by atoms with Gasteiger partial charge >= 0.3 is 11.9 Å². The normalized spacial score (nSPS) is 14.0.